The van der Waals surface area contributed by atoms with Gasteiger partial charge in [-0.15, -0.1) is 0 Å². The number of hydrogen-bond acceptors (Lipinski definition) is 9. The summed E-state index contributed by atoms with van der Waals surface area (Å²) in [5.41, 5.74) is 0. The molecule has 0 bridgehead atoms. The summed E-state index contributed by atoms with van der Waals surface area (Å²) in [6.45, 7) is 3.60. The number of carbonyl (C=O) groups excluding carboxylic acids is 1. The van der Waals surface area contributed by atoms with Crippen molar-refractivity contribution in [3.63, 3.8) is 0 Å². The van der Waals surface area contributed by atoms with E-state index in [0.717, 1.165) is 44.9 Å². The zero-order chi connectivity index (χ0) is 38.2. The van der Waals surface area contributed by atoms with E-state index in [1.165, 1.54) is 128 Å². The second-order valence-electron chi connectivity index (χ2n) is 15.6. The minimum Gasteiger partial charge on any atom is -0.394 e. The summed E-state index contributed by atoms with van der Waals surface area (Å²) in [6, 6.07) is -0.983. The average molecular weight is 746 g/mol. The number of unbranched alkanes of at least 4 members (excludes halogenated alkanes) is 25. The van der Waals surface area contributed by atoms with Crippen LogP contribution in [0.2, 0.25) is 0 Å². The SMILES string of the molecule is CCCCCCCCCCCCCCCCC[C@@H](O)[C@@H](O)[C@H](CO[C@@H]1O[C@H](CO)[C@@H](O)C(O)C1O)NC(=O)CCCCCCCCCCCCCC. The van der Waals surface area contributed by atoms with E-state index >= 15 is 0 Å². The summed E-state index contributed by atoms with van der Waals surface area (Å²) in [7, 11) is 0. The third-order valence-electron chi connectivity index (χ3n) is 10.8. The van der Waals surface area contributed by atoms with Crippen LogP contribution in [0.3, 0.4) is 0 Å². The summed E-state index contributed by atoms with van der Waals surface area (Å²) in [6.07, 6.45) is 23.9. The number of ether oxygens (including phenoxy) is 2. The first-order chi connectivity index (χ1) is 25.3. The molecule has 7 N–H and O–H groups in total. The van der Waals surface area contributed by atoms with Crippen molar-refractivity contribution < 1.29 is 44.9 Å². The number of aliphatic hydroxyl groups excluding tert-OH is 6. The monoisotopic (exact) mass is 746 g/mol. The van der Waals surface area contributed by atoms with Crippen LogP contribution in [0.25, 0.3) is 0 Å². The standard InChI is InChI=1S/C42H83NO9/c1-3-5-7-9-11-13-15-17-18-19-20-22-24-26-28-30-35(45)38(47)34(33-51-42-41(50)40(49)39(48)36(32-44)52-42)43-37(46)31-29-27-25-23-21-16-14-12-10-8-6-4-2/h34-36,38-42,44-45,47-50H,3-33H2,1-2H3,(H,43,46)/t34-,35+,36+,38-,39+,40?,41?,42+/m0/s1. The van der Waals surface area contributed by atoms with Crippen molar-refractivity contribution in [1.29, 1.82) is 0 Å². The molecule has 1 amide bonds. The van der Waals surface area contributed by atoms with E-state index in [9.17, 15) is 35.4 Å². The molecule has 0 aromatic carbocycles. The molecule has 1 rings (SSSR count). The molecule has 0 radical (unpaired) electrons. The van der Waals surface area contributed by atoms with E-state index in [1.807, 2.05) is 0 Å². The van der Waals surface area contributed by atoms with Crippen LogP contribution >= 0.6 is 0 Å². The van der Waals surface area contributed by atoms with Gasteiger partial charge in [0.2, 0.25) is 5.91 Å². The van der Waals surface area contributed by atoms with Crippen LogP contribution in [0.5, 0.6) is 0 Å². The summed E-state index contributed by atoms with van der Waals surface area (Å²) < 4.78 is 11.1. The van der Waals surface area contributed by atoms with Crippen LogP contribution in [0, 0.1) is 0 Å². The Bertz CT molecular complexity index is 803. The molecule has 10 nitrogen and oxygen atoms in total. The molecular formula is C42H83NO9. The number of amides is 1. The van der Waals surface area contributed by atoms with E-state index in [-0.39, 0.29) is 18.9 Å². The van der Waals surface area contributed by atoms with Crippen molar-refractivity contribution >= 4 is 5.91 Å². The van der Waals surface area contributed by atoms with Crippen LogP contribution in [0.1, 0.15) is 200 Å². The van der Waals surface area contributed by atoms with Gasteiger partial charge in [-0.3, -0.25) is 4.79 Å². The van der Waals surface area contributed by atoms with Crippen LogP contribution in [-0.2, 0) is 14.3 Å². The lowest BCUT2D eigenvalue weighted by Gasteiger charge is -2.40. The smallest absolute Gasteiger partial charge is 0.220 e. The fourth-order valence-electron chi connectivity index (χ4n) is 7.20. The van der Waals surface area contributed by atoms with E-state index < -0.39 is 55.6 Å². The third kappa shape index (κ3) is 23.8. The number of rotatable bonds is 36. The lowest BCUT2D eigenvalue weighted by molar-refractivity contribution is -0.303. The molecule has 8 atom stereocenters. The summed E-state index contributed by atoms with van der Waals surface area (Å²) in [4.78, 5) is 12.9. The van der Waals surface area contributed by atoms with Crippen LogP contribution in [0.4, 0.5) is 0 Å². The summed E-state index contributed by atoms with van der Waals surface area (Å²) in [5.74, 6) is -0.257. The van der Waals surface area contributed by atoms with Crippen molar-refractivity contribution in [3.8, 4) is 0 Å². The molecule has 310 valence electrons. The van der Waals surface area contributed by atoms with Gasteiger partial charge in [-0.05, 0) is 12.8 Å². The second kappa shape index (κ2) is 33.5. The average Bonchev–Trinajstić information content (AvgIpc) is 3.14. The molecule has 1 fully saturated rings. The van der Waals surface area contributed by atoms with Gasteiger partial charge >= 0.3 is 0 Å². The quantitative estimate of drug-likeness (QED) is 0.0324. The zero-order valence-corrected chi connectivity index (χ0v) is 33.4. The first-order valence-electron chi connectivity index (χ1n) is 21.8. The Morgan fingerprint density at radius 1 is 0.596 bits per heavy atom. The van der Waals surface area contributed by atoms with Crippen LogP contribution < -0.4 is 5.32 Å². The van der Waals surface area contributed by atoms with Gasteiger partial charge in [0.05, 0.1) is 25.4 Å². The predicted octanol–water partition coefficient (Wildman–Crippen LogP) is 7.36. The second-order valence-corrected chi connectivity index (χ2v) is 15.6. The van der Waals surface area contributed by atoms with Crippen LogP contribution in [-0.4, -0.2) is 98.7 Å². The molecule has 0 spiro atoms. The van der Waals surface area contributed by atoms with Gasteiger partial charge in [0.15, 0.2) is 6.29 Å². The van der Waals surface area contributed by atoms with Gasteiger partial charge in [-0.25, -0.2) is 0 Å². The lowest BCUT2D eigenvalue weighted by Crippen LogP contribution is -2.60. The molecular weight excluding hydrogens is 662 g/mol. The maximum absolute atomic E-state index is 12.9. The molecule has 0 aliphatic carbocycles. The van der Waals surface area contributed by atoms with E-state index in [0.29, 0.717) is 6.42 Å². The molecule has 52 heavy (non-hydrogen) atoms. The Morgan fingerprint density at radius 3 is 1.42 bits per heavy atom. The predicted molar refractivity (Wildman–Crippen MR) is 209 cm³/mol. The highest BCUT2D eigenvalue weighted by Gasteiger charge is 2.44. The van der Waals surface area contributed by atoms with Gasteiger partial charge in [-0.1, -0.05) is 181 Å². The maximum atomic E-state index is 12.9. The van der Waals surface area contributed by atoms with Gasteiger partial charge < -0.3 is 45.4 Å². The number of carbonyl (C=O) groups is 1. The van der Waals surface area contributed by atoms with Crippen molar-refractivity contribution in [2.75, 3.05) is 13.2 Å². The number of aliphatic hydroxyl groups is 6. The molecule has 2 unspecified atom stereocenters. The normalized spacial score (nSPS) is 22.3. The van der Waals surface area contributed by atoms with Gasteiger partial charge in [0.1, 0.15) is 30.5 Å². The highest BCUT2D eigenvalue weighted by Crippen LogP contribution is 2.23. The van der Waals surface area contributed by atoms with Crippen molar-refractivity contribution in [3.05, 3.63) is 0 Å². The maximum Gasteiger partial charge on any atom is 0.220 e. The first kappa shape index (κ1) is 49.2. The molecule has 1 aliphatic heterocycles. The van der Waals surface area contributed by atoms with Crippen molar-refractivity contribution in [2.24, 2.45) is 0 Å². The molecule has 0 aromatic rings. The van der Waals surface area contributed by atoms with E-state index in [1.54, 1.807) is 0 Å². The van der Waals surface area contributed by atoms with Crippen molar-refractivity contribution in [1.82, 2.24) is 5.32 Å². The fourth-order valence-corrected chi connectivity index (χ4v) is 7.20. The van der Waals surface area contributed by atoms with Gasteiger partial charge in [0.25, 0.3) is 0 Å². The fraction of sp³-hybridized carbons (Fsp3) is 0.976. The largest absolute Gasteiger partial charge is 0.394 e. The minimum absolute atomic E-state index is 0.257. The summed E-state index contributed by atoms with van der Waals surface area (Å²) >= 11 is 0. The molecule has 1 heterocycles. The highest BCUT2D eigenvalue weighted by atomic mass is 16.7. The zero-order valence-electron chi connectivity index (χ0n) is 33.4. The highest BCUT2D eigenvalue weighted by molar-refractivity contribution is 5.76. The van der Waals surface area contributed by atoms with Crippen molar-refractivity contribution in [2.45, 2.75) is 249 Å². The molecule has 0 aromatic heterocycles. The molecule has 10 heteroatoms. The Kier molecular flexibility index (Phi) is 31.7. The van der Waals surface area contributed by atoms with Gasteiger partial charge in [-0.2, -0.15) is 0 Å². The minimum atomic E-state index is -1.60. The third-order valence-corrected chi connectivity index (χ3v) is 10.8. The molecule has 1 saturated heterocycles. The number of hydrogen-bond donors (Lipinski definition) is 7. The topological polar surface area (TPSA) is 169 Å². The van der Waals surface area contributed by atoms with E-state index in [4.69, 9.17) is 9.47 Å². The Hall–Kier alpha value is -0.850. The van der Waals surface area contributed by atoms with E-state index in [2.05, 4.69) is 19.2 Å². The molecule has 0 saturated carbocycles. The van der Waals surface area contributed by atoms with Crippen LogP contribution in [0.15, 0.2) is 0 Å². The molecule has 1 aliphatic rings. The summed E-state index contributed by atoms with van der Waals surface area (Å²) in [5, 5.41) is 65.0. The Balaban J connectivity index is 2.42. The Morgan fingerprint density at radius 2 is 1.00 bits per heavy atom. The number of nitrogens with one attached hydrogen (secondary N) is 1. The first-order valence-corrected chi connectivity index (χ1v) is 21.8. The Labute approximate surface area is 317 Å². The van der Waals surface area contributed by atoms with Gasteiger partial charge in [0, 0.05) is 6.42 Å². The lowest BCUT2D eigenvalue weighted by atomic mass is 9.98.